The molecule has 0 radical (unpaired) electrons. The summed E-state index contributed by atoms with van der Waals surface area (Å²) < 4.78 is 9.66. The fraction of sp³-hybridized carbons (Fsp3) is 0.273. The number of para-hydroxylation sites is 1. The van der Waals surface area contributed by atoms with Gasteiger partial charge in [0.1, 0.15) is 5.75 Å². The highest BCUT2D eigenvalue weighted by atomic mass is 32.2. The number of rotatable bonds is 3. The molecule has 0 fully saturated rings. The van der Waals surface area contributed by atoms with Gasteiger partial charge in [0.15, 0.2) is 0 Å². The van der Waals surface area contributed by atoms with E-state index in [9.17, 15) is 9.59 Å². The first-order valence-corrected chi connectivity index (χ1v) is 5.52. The Morgan fingerprint density at radius 2 is 2.00 bits per heavy atom. The van der Waals surface area contributed by atoms with Gasteiger partial charge in [0.05, 0.1) is 18.6 Å². The Hall–Kier alpha value is -1.49. The minimum atomic E-state index is -0.835. The summed E-state index contributed by atoms with van der Waals surface area (Å²) in [7, 11) is 1.51. The lowest BCUT2D eigenvalue weighted by molar-refractivity contribution is -0.149. The van der Waals surface area contributed by atoms with Crippen LogP contribution in [0.1, 0.15) is 6.92 Å². The molecule has 1 aromatic rings. The molecule has 0 N–H and O–H groups in total. The van der Waals surface area contributed by atoms with E-state index in [4.69, 9.17) is 4.74 Å². The number of hydrogen-bond acceptors (Lipinski definition) is 5. The maximum absolute atomic E-state index is 11.4. The number of hydrogen-bond donors (Lipinski definition) is 0. The molecule has 0 heterocycles. The van der Waals surface area contributed by atoms with Gasteiger partial charge in [-0.15, -0.1) is 0 Å². The molecule has 0 aliphatic heterocycles. The quantitative estimate of drug-likeness (QED) is 0.458. The Kier molecular flexibility index (Phi) is 4.85. The topological polar surface area (TPSA) is 52.6 Å². The van der Waals surface area contributed by atoms with Crippen LogP contribution in [0.15, 0.2) is 29.2 Å². The summed E-state index contributed by atoms with van der Waals surface area (Å²) in [4.78, 5) is 23.1. The van der Waals surface area contributed by atoms with Gasteiger partial charge < -0.3 is 9.47 Å². The standard InChI is InChI=1S/C11H12O4S/c1-3-15-10(12)11(13)16-9-7-5-4-6-8(9)14-2/h4-7H,3H2,1-2H3. The molecule has 16 heavy (non-hydrogen) atoms. The predicted molar refractivity (Wildman–Crippen MR) is 60.5 cm³/mol. The fourth-order valence-corrected chi connectivity index (χ4v) is 1.78. The Morgan fingerprint density at radius 3 is 2.62 bits per heavy atom. The molecule has 0 aliphatic carbocycles. The van der Waals surface area contributed by atoms with Crippen LogP contribution >= 0.6 is 11.8 Å². The van der Waals surface area contributed by atoms with E-state index in [1.54, 1.807) is 31.2 Å². The Bertz CT molecular complexity index is 389. The number of esters is 1. The van der Waals surface area contributed by atoms with Crippen molar-refractivity contribution in [2.24, 2.45) is 0 Å². The number of benzene rings is 1. The van der Waals surface area contributed by atoms with E-state index in [1.165, 1.54) is 7.11 Å². The summed E-state index contributed by atoms with van der Waals surface area (Å²) in [5.41, 5.74) is 0. The minimum absolute atomic E-state index is 0.192. The molecule has 0 spiro atoms. The first-order valence-electron chi connectivity index (χ1n) is 4.71. The van der Waals surface area contributed by atoms with Crippen LogP contribution in [0.5, 0.6) is 5.75 Å². The SMILES string of the molecule is CCOC(=O)C(=O)Sc1ccccc1OC. The average Bonchev–Trinajstić information content (AvgIpc) is 2.30. The van der Waals surface area contributed by atoms with Crippen molar-refractivity contribution >= 4 is 22.8 Å². The van der Waals surface area contributed by atoms with Crippen LogP contribution in [-0.2, 0) is 14.3 Å². The van der Waals surface area contributed by atoms with Crippen LogP contribution in [0.4, 0.5) is 0 Å². The first-order chi connectivity index (χ1) is 7.69. The summed E-state index contributed by atoms with van der Waals surface area (Å²) in [6, 6.07) is 6.99. The summed E-state index contributed by atoms with van der Waals surface area (Å²) in [5, 5.41) is -0.647. The second-order valence-corrected chi connectivity index (χ2v) is 3.78. The van der Waals surface area contributed by atoms with Gasteiger partial charge >= 0.3 is 11.1 Å². The molecule has 0 saturated carbocycles. The van der Waals surface area contributed by atoms with E-state index >= 15 is 0 Å². The molecular formula is C11H12O4S. The minimum Gasteiger partial charge on any atom is -0.496 e. The van der Waals surface area contributed by atoms with Crippen LogP contribution in [-0.4, -0.2) is 24.8 Å². The fourth-order valence-electron chi connectivity index (χ4n) is 1.03. The van der Waals surface area contributed by atoms with E-state index in [0.717, 1.165) is 11.8 Å². The van der Waals surface area contributed by atoms with Gasteiger partial charge in [0, 0.05) is 0 Å². The second kappa shape index (κ2) is 6.17. The highest BCUT2D eigenvalue weighted by Gasteiger charge is 2.18. The molecule has 0 bridgehead atoms. The van der Waals surface area contributed by atoms with Crippen molar-refractivity contribution < 1.29 is 19.1 Å². The van der Waals surface area contributed by atoms with Crippen molar-refractivity contribution in [1.82, 2.24) is 0 Å². The molecule has 0 atom stereocenters. The van der Waals surface area contributed by atoms with E-state index in [0.29, 0.717) is 10.6 Å². The summed E-state index contributed by atoms with van der Waals surface area (Å²) in [5.74, 6) is -0.274. The number of ether oxygens (including phenoxy) is 2. The van der Waals surface area contributed by atoms with Crippen molar-refractivity contribution in [3.63, 3.8) is 0 Å². The van der Waals surface area contributed by atoms with Gasteiger partial charge in [-0.05, 0) is 30.8 Å². The summed E-state index contributed by atoms with van der Waals surface area (Å²) >= 11 is 0.804. The van der Waals surface area contributed by atoms with Gasteiger partial charge in [-0.25, -0.2) is 4.79 Å². The maximum atomic E-state index is 11.4. The van der Waals surface area contributed by atoms with Gasteiger partial charge in [-0.2, -0.15) is 0 Å². The number of carbonyl (C=O) groups is 2. The highest BCUT2D eigenvalue weighted by Crippen LogP contribution is 2.29. The Labute approximate surface area is 97.9 Å². The van der Waals surface area contributed by atoms with Crippen molar-refractivity contribution in [3.8, 4) is 5.75 Å². The second-order valence-electron chi connectivity index (χ2n) is 2.76. The van der Waals surface area contributed by atoms with Crippen LogP contribution in [0, 0.1) is 0 Å². The normalized spacial score (nSPS) is 9.62. The van der Waals surface area contributed by atoms with E-state index in [1.807, 2.05) is 0 Å². The molecule has 0 unspecified atom stereocenters. The molecule has 0 saturated heterocycles. The zero-order chi connectivity index (χ0) is 12.0. The van der Waals surface area contributed by atoms with Gasteiger partial charge in [0.25, 0.3) is 0 Å². The van der Waals surface area contributed by atoms with Crippen LogP contribution in [0.2, 0.25) is 0 Å². The molecule has 86 valence electrons. The van der Waals surface area contributed by atoms with E-state index < -0.39 is 11.1 Å². The van der Waals surface area contributed by atoms with Crippen LogP contribution < -0.4 is 4.74 Å². The predicted octanol–water partition coefficient (Wildman–Crippen LogP) is 1.88. The molecular weight excluding hydrogens is 228 g/mol. The molecule has 4 nitrogen and oxygen atoms in total. The zero-order valence-electron chi connectivity index (χ0n) is 9.06. The molecule has 5 heteroatoms. The lowest BCUT2D eigenvalue weighted by Gasteiger charge is -2.05. The number of methoxy groups -OCH3 is 1. The molecule has 1 rings (SSSR count). The molecule has 0 amide bonds. The van der Waals surface area contributed by atoms with E-state index in [-0.39, 0.29) is 6.61 Å². The number of thioether (sulfide) groups is 1. The third kappa shape index (κ3) is 3.27. The van der Waals surface area contributed by atoms with Gasteiger partial charge in [-0.3, -0.25) is 4.79 Å². The maximum Gasteiger partial charge on any atom is 0.386 e. The monoisotopic (exact) mass is 240 g/mol. The highest BCUT2D eigenvalue weighted by molar-refractivity contribution is 8.15. The molecule has 1 aromatic carbocycles. The van der Waals surface area contributed by atoms with Gasteiger partial charge in [-0.1, -0.05) is 12.1 Å². The molecule has 0 aliphatic rings. The van der Waals surface area contributed by atoms with Crippen LogP contribution in [0.3, 0.4) is 0 Å². The Balaban J connectivity index is 2.73. The Morgan fingerprint density at radius 1 is 1.31 bits per heavy atom. The summed E-state index contributed by atoms with van der Waals surface area (Å²) in [6.45, 7) is 1.84. The zero-order valence-corrected chi connectivity index (χ0v) is 9.87. The third-order valence-corrected chi connectivity index (χ3v) is 2.62. The average molecular weight is 240 g/mol. The van der Waals surface area contributed by atoms with Crippen molar-refractivity contribution in [1.29, 1.82) is 0 Å². The first kappa shape index (κ1) is 12.6. The van der Waals surface area contributed by atoms with E-state index in [2.05, 4.69) is 4.74 Å². The summed E-state index contributed by atoms with van der Waals surface area (Å²) in [6.07, 6.45) is 0. The van der Waals surface area contributed by atoms with Crippen LogP contribution in [0.25, 0.3) is 0 Å². The smallest absolute Gasteiger partial charge is 0.386 e. The molecule has 0 aromatic heterocycles. The largest absolute Gasteiger partial charge is 0.496 e. The van der Waals surface area contributed by atoms with Crippen molar-refractivity contribution in [3.05, 3.63) is 24.3 Å². The lowest BCUT2D eigenvalue weighted by atomic mass is 10.3. The lowest BCUT2D eigenvalue weighted by Crippen LogP contribution is -2.13. The third-order valence-electron chi connectivity index (χ3n) is 1.71. The van der Waals surface area contributed by atoms with Gasteiger partial charge in [0.2, 0.25) is 0 Å². The van der Waals surface area contributed by atoms with Crippen molar-refractivity contribution in [2.45, 2.75) is 11.8 Å². The van der Waals surface area contributed by atoms with Crippen molar-refractivity contribution in [2.75, 3.05) is 13.7 Å². The number of carbonyl (C=O) groups excluding carboxylic acids is 2.